The van der Waals surface area contributed by atoms with Crippen molar-refractivity contribution in [1.82, 2.24) is 10.3 Å². The number of thiazole rings is 1. The minimum Gasteiger partial charge on any atom is -0.365 e. The van der Waals surface area contributed by atoms with Crippen LogP contribution in [0.1, 0.15) is 24.0 Å². The number of hydrogen-bond donors (Lipinski definition) is 2. The van der Waals surface area contributed by atoms with Crippen molar-refractivity contribution >= 4 is 33.8 Å². The lowest BCUT2D eigenvalue weighted by Crippen LogP contribution is -2.23. The van der Waals surface area contributed by atoms with Crippen LogP contribution < -0.4 is 10.6 Å². The number of aryl methyl sites for hydroxylation is 2. The molecule has 0 fully saturated rings. The number of anilines is 1. The molecule has 0 radical (unpaired) electrons. The Morgan fingerprint density at radius 1 is 1.25 bits per heavy atom. The molecule has 1 heterocycles. The summed E-state index contributed by atoms with van der Waals surface area (Å²) in [6.45, 7) is 0. The molecule has 2 N–H and O–H groups in total. The fourth-order valence-electron chi connectivity index (χ4n) is 2.52. The summed E-state index contributed by atoms with van der Waals surface area (Å²) in [7, 11) is 1.80. The Labute approximate surface area is 128 Å². The lowest BCUT2D eigenvalue weighted by Gasteiger charge is -2.16. The molecule has 0 saturated carbocycles. The third kappa shape index (κ3) is 2.83. The largest absolute Gasteiger partial charge is 0.365 e. The van der Waals surface area contributed by atoms with Crippen LogP contribution in [0.25, 0.3) is 11.3 Å². The fourth-order valence-corrected chi connectivity index (χ4v) is 3.40. The van der Waals surface area contributed by atoms with Crippen molar-refractivity contribution in [1.29, 1.82) is 0 Å². The van der Waals surface area contributed by atoms with E-state index >= 15 is 0 Å². The molecule has 1 aliphatic rings. The lowest BCUT2D eigenvalue weighted by atomic mass is 9.90. The lowest BCUT2D eigenvalue weighted by molar-refractivity contribution is 0.686. The van der Waals surface area contributed by atoms with Crippen molar-refractivity contribution in [3.05, 3.63) is 34.7 Å². The van der Waals surface area contributed by atoms with Gasteiger partial charge in [0.15, 0.2) is 10.2 Å². The molecular weight excluding hydrogens is 286 g/mol. The molecule has 20 heavy (non-hydrogen) atoms. The number of nitrogens with one attached hydrogen (secondary N) is 2. The molecule has 1 aromatic carbocycles. The Morgan fingerprint density at radius 2 is 2.05 bits per heavy atom. The topological polar surface area (TPSA) is 37.0 Å². The Morgan fingerprint density at radius 3 is 2.85 bits per heavy atom. The second kappa shape index (κ2) is 5.89. The maximum absolute atomic E-state index is 5.09. The maximum Gasteiger partial charge on any atom is 0.189 e. The molecule has 0 atom stereocenters. The summed E-state index contributed by atoms with van der Waals surface area (Å²) < 4.78 is 0. The minimum absolute atomic E-state index is 0.594. The van der Waals surface area contributed by atoms with Gasteiger partial charge in [0.2, 0.25) is 0 Å². The van der Waals surface area contributed by atoms with E-state index in [1.54, 1.807) is 18.4 Å². The number of aromatic nitrogens is 1. The molecule has 3 rings (SSSR count). The summed E-state index contributed by atoms with van der Waals surface area (Å²) in [5.41, 5.74) is 5.21. The molecule has 2 aromatic rings. The van der Waals surface area contributed by atoms with E-state index in [2.05, 4.69) is 39.2 Å². The molecule has 0 bridgehead atoms. The van der Waals surface area contributed by atoms with Gasteiger partial charge in [0.05, 0.1) is 5.69 Å². The predicted octanol–water partition coefficient (Wildman–Crippen LogP) is 3.61. The van der Waals surface area contributed by atoms with Gasteiger partial charge in [0.1, 0.15) is 0 Å². The first-order valence-corrected chi connectivity index (χ1v) is 8.11. The highest BCUT2D eigenvalue weighted by Crippen LogP contribution is 2.29. The second-order valence-corrected chi connectivity index (χ2v) is 6.20. The Kier molecular flexibility index (Phi) is 3.98. The summed E-state index contributed by atoms with van der Waals surface area (Å²) in [4.78, 5) is 4.60. The molecule has 0 amide bonds. The fraction of sp³-hybridized carbons (Fsp3) is 0.333. The summed E-state index contributed by atoms with van der Waals surface area (Å²) >= 11 is 6.66. The van der Waals surface area contributed by atoms with Crippen molar-refractivity contribution in [2.24, 2.45) is 0 Å². The minimum atomic E-state index is 0.594. The number of hydrogen-bond acceptors (Lipinski definition) is 3. The highest BCUT2D eigenvalue weighted by Gasteiger charge is 2.12. The van der Waals surface area contributed by atoms with Crippen LogP contribution in [0.15, 0.2) is 23.6 Å². The maximum atomic E-state index is 5.09. The van der Waals surface area contributed by atoms with Crippen LogP contribution in [-0.4, -0.2) is 17.1 Å². The van der Waals surface area contributed by atoms with Crippen LogP contribution in [0.4, 0.5) is 5.13 Å². The smallest absolute Gasteiger partial charge is 0.189 e. The summed E-state index contributed by atoms with van der Waals surface area (Å²) in [6, 6.07) is 6.73. The van der Waals surface area contributed by atoms with Gasteiger partial charge >= 0.3 is 0 Å². The van der Waals surface area contributed by atoms with Crippen LogP contribution in [-0.2, 0) is 12.8 Å². The third-order valence-electron chi connectivity index (χ3n) is 3.60. The SMILES string of the molecule is CNC(=S)Nc1nc(-c2ccc3c(c2)CCCC3)cs1. The van der Waals surface area contributed by atoms with Crippen molar-refractivity contribution in [2.45, 2.75) is 25.7 Å². The number of fused-ring (bicyclic) bond motifs is 1. The molecule has 1 aromatic heterocycles. The van der Waals surface area contributed by atoms with Gasteiger partial charge in [0.25, 0.3) is 0 Å². The molecule has 0 aliphatic heterocycles. The molecule has 0 saturated heterocycles. The zero-order valence-electron chi connectivity index (χ0n) is 11.4. The third-order valence-corrected chi connectivity index (χ3v) is 4.66. The van der Waals surface area contributed by atoms with Crippen LogP contribution in [0.3, 0.4) is 0 Å². The van der Waals surface area contributed by atoms with Crippen LogP contribution >= 0.6 is 23.6 Å². The first kappa shape index (κ1) is 13.5. The molecular formula is C15H17N3S2. The summed E-state index contributed by atoms with van der Waals surface area (Å²) in [6.07, 6.45) is 5.04. The van der Waals surface area contributed by atoms with Crippen molar-refractivity contribution < 1.29 is 0 Å². The first-order valence-electron chi connectivity index (χ1n) is 6.82. The van der Waals surface area contributed by atoms with Gasteiger partial charge in [-0.1, -0.05) is 12.1 Å². The Balaban J connectivity index is 1.84. The predicted molar refractivity (Wildman–Crippen MR) is 89.5 cm³/mol. The highest BCUT2D eigenvalue weighted by atomic mass is 32.1. The van der Waals surface area contributed by atoms with E-state index < -0.39 is 0 Å². The van der Waals surface area contributed by atoms with E-state index in [1.165, 1.54) is 42.4 Å². The molecule has 3 nitrogen and oxygen atoms in total. The highest BCUT2D eigenvalue weighted by molar-refractivity contribution is 7.80. The monoisotopic (exact) mass is 303 g/mol. The quantitative estimate of drug-likeness (QED) is 0.831. The van der Waals surface area contributed by atoms with Crippen molar-refractivity contribution in [3.63, 3.8) is 0 Å². The first-order chi connectivity index (χ1) is 9.76. The molecule has 0 spiro atoms. The van der Waals surface area contributed by atoms with Gasteiger partial charge in [-0.15, -0.1) is 11.3 Å². The number of benzene rings is 1. The van der Waals surface area contributed by atoms with Crippen LogP contribution in [0.2, 0.25) is 0 Å². The van der Waals surface area contributed by atoms with Crippen LogP contribution in [0, 0.1) is 0 Å². The average molecular weight is 303 g/mol. The standard InChI is InChI=1S/C15H17N3S2/c1-16-14(19)18-15-17-13(9-20-15)12-7-6-10-4-2-3-5-11(10)8-12/h6-9H,2-5H2,1H3,(H2,16,17,18,19). The Hall–Kier alpha value is -1.46. The van der Waals surface area contributed by atoms with E-state index in [0.717, 1.165) is 10.8 Å². The van der Waals surface area contributed by atoms with Gasteiger partial charge in [-0.3, -0.25) is 0 Å². The molecule has 5 heteroatoms. The van der Waals surface area contributed by atoms with E-state index in [1.807, 2.05) is 0 Å². The van der Waals surface area contributed by atoms with Gasteiger partial charge in [0, 0.05) is 18.0 Å². The van der Waals surface area contributed by atoms with Crippen LogP contribution in [0.5, 0.6) is 0 Å². The number of thiocarbonyl (C=S) groups is 1. The van der Waals surface area contributed by atoms with E-state index in [0.29, 0.717) is 5.11 Å². The Bertz CT molecular complexity index is 634. The van der Waals surface area contributed by atoms with Crippen molar-refractivity contribution in [3.8, 4) is 11.3 Å². The summed E-state index contributed by atoms with van der Waals surface area (Å²) in [5, 5.41) is 9.46. The molecule has 104 valence electrons. The van der Waals surface area contributed by atoms with E-state index in [9.17, 15) is 0 Å². The normalized spacial score (nSPS) is 13.7. The van der Waals surface area contributed by atoms with E-state index in [4.69, 9.17) is 12.2 Å². The van der Waals surface area contributed by atoms with Gasteiger partial charge in [-0.05, 0) is 55.1 Å². The van der Waals surface area contributed by atoms with Gasteiger partial charge in [-0.2, -0.15) is 0 Å². The zero-order valence-corrected chi connectivity index (χ0v) is 13.0. The summed E-state index contributed by atoms with van der Waals surface area (Å²) in [5.74, 6) is 0. The number of nitrogens with zero attached hydrogens (tertiary/aromatic N) is 1. The molecule has 0 unspecified atom stereocenters. The van der Waals surface area contributed by atoms with Crippen molar-refractivity contribution in [2.75, 3.05) is 12.4 Å². The second-order valence-electron chi connectivity index (χ2n) is 4.93. The van der Waals surface area contributed by atoms with Gasteiger partial charge < -0.3 is 10.6 Å². The molecule has 1 aliphatic carbocycles. The van der Waals surface area contributed by atoms with Gasteiger partial charge in [-0.25, -0.2) is 4.98 Å². The zero-order chi connectivity index (χ0) is 13.9. The number of rotatable bonds is 2. The van der Waals surface area contributed by atoms with E-state index in [-0.39, 0.29) is 0 Å². The average Bonchev–Trinajstić information content (AvgIpc) is 2.95.